The molecule has 0 aliphatic rings. The number of aryl methyl sites for hydroxylation is 1. The van der Waals surface area contributed by atoms with Crippen LogP contribution in [0.25, 0.3) is 10.9 Å². The third-order valence-corrected chi connectivity index (χ3v) is 5.53. The van der Waals surface area contributed by atoms with Gasteiger partial charge in [-0.1, -0.05) is 29.8 Å². The number of H-pyrrole nitrogens is 1. The summed E-state index contributed by atoms with van der Waals surface area (Å²) in [5, 5.41) is 0.788. The van der Waals surface area contributed by atoms with Gasteiger partial charge in [0, 0.05) is 28.4 Å². The molecule has 0 aliphatic carbocycles. The quantitative estimate of drug-likeness (QED) is 0.517. The van der Waals surface area contributed by atoms with Gasteiger partial charge in [0.05, 0.1) is 15.5 Å². The number of Topliss-reactive ketones (excluding diaryl/α,β-unsaturated/α-hetero) is 1. The van der Waals surface area contributed by atoms with Gasteiger partial charge in [-0.05, 0) is 31.2 Å². The Morgan fingerprint density at radius 2 is 1.85 bits per heavy atom. The van der Waals surface area contributed by atoms with E-state index in [0.717, 1.165) is 23.2 Å². The van der Waals surface area contributed by atoms with Gasteiger partial charge in [0.25, 0.3) is 0 Å². The summed E-state index contributed by atoms with van der Waals surface area (Å²) in [5.74, 6) is -1.23. The van der Waals surface area contributed by atoms with Crippen LogP contribution in [-0.4, -0.2) is 38.0 Å². The number of carbonyl (C=O) groups is 2. The number of halogens is 1. The molecule has 2 aromatic carbocycles. The second-order valence-corrected chi connectivity index (χ2v) is 8.51. The van der Waals surface area contributed by atoms with Crippen LogP contribution in [0.4, 0.5) is 0 Å². The Balaban J connectivity index is 1.82. The number of rotatable bonds is 5. The summed E-state index contributed by atoms with van der Waals surface area (Å²) < 4.78 is 28.4. The summed E-state index contributed by atoms with van der Waals surface area (Å²) in [4.78, 5) is 27.9. The largest absolute Gasteiger partial charge is 0.454 e. The van der Waals surface area contributed by atoms with Gasteiger partial charge in [-0.25, -0.2) is 13.2 Å². The van der Waals surface area contributed by atoms with Gasteiger partial charge in [-0.15, -0.1) is 0 Å². The molecule has 0 amide bonds. The van der Waals surface area contributed by atoms with Crippen LogP contribution in [0.15, 0.2) is 47.4 Å². The molecule has 8 heteroatoms. The third kappa shape index (κ3) is 3.89. The fourth-order valence-electron chi connectivity index (χ4n) is 2.81. The van der Waals surface area contributed by atoms with Gasteiger partial charge in [-0.2, -0.15) is 0 Å². The lowest BCUT2D eigenvalue weighted by Gasteiger charge is -2.08. The van der Waals surface area contributed by atoms with Crippen molar-refractivity contribution in [2.75, 3.05) is 12.9 Å². The minimum absolute atomic E-state index is 0.0446. The number of nitrogens with one attached hydrogen (secondary N) is 1. The average molecular weight is 406 g/mol. The summed E-state index contributed by atoms with van der Waals surface area (Å²) >= 11 is 5.97. The zero-order valence-electron chi connectivity index (χ0n) is 14.6. The van der Waals surface area contributed by atoms with Gasteiger partial charge in [0.2, 0.25) is 5.78 Å². The molecule has 0 saturated heterocycles. The Hall–Kier alpha value is -2.64. The summed E-state index contributed by atoms with van der Waals surface area (Å²) in [5.41, 5.74) is 1.83. The SMILES string of the molecule is Cc1[nH]c2ccccc2c1C(=O)COC(=O)c1cc(S(C)(=O)=O)ccc1Cl. The molecule has 140 valence electrons. The Labute approximate surface area is 161 Å². The fourth-order valence-corrected chi connectivity index (χ4v) is 3.65. The molecule has 0 atom stereocenters. The number of esters is 1. The molecule has 27 heavy (non-hydrogen) atoms. The van der Waals surface area contributed by atoms with E-state index in [-0.39, 0.29) is 21.3 Å². The highest BCUT2D eigenvalue weighted by atomic mass is 35.5. The van der Waals surface area contributed by atoms with Crippen molar-refractivity contribution in [3.8, 4) is 0 Å². The topological polar surface area (TPSA) is 93.3 Å². The van der Waals surface area contributed by atoms with E-state index in [0.29, 0.717) is 11.3 Å². The van der Waals surface area contributed by atoms with Crippen LogP contribution in [0.3, 0.4) is 0 Å². The summed E-state index contributed by atoms with van der Waals surface area (Å²) in [6.45, 7) is 1.28. The first-order chi connectivity index (χ1) is 12.7. The van der Waals surface area contributed by atoms with Gasteiger partial charge in [0.15, 0.2) is 16.4 Å². The van der Waals surface area contributed by atoms with Crippen LogP contribution in [0.2, 0.25) is 5.02 Å². The highest BCUT2D eigenvalue weighted by molar-refractivity contribution is 7.90. The number of ether oxygens (including phenoxy) is 1. The van der Waals surface area contributed by atoms with E-state index in [2.05, 4.69) is 4.98 Å². The Kier molecular flexibility index (Phi) is 5.08. The molecule has 1 aromatic heterocycles. The van der Waals surface area contributed by atoms with Crippen molar-refractivity contribution in [3.63, 3.8) is 0 Å². The van der Waals surface area contributed by atoms with E-state index in [4.69, 9.17) is 16.3 Å². The molecule has 0 radical (unpaired) electrons. The smallest absolute Gasteiger partial charge is 0.340 e. The standard InChI is InChI=1S/C19H16ClNO5S/c1-11-18(13-5-3-4-6-16(13)21-11)17(22)10-26-19(23)14-9-12(27(2,24)25)7-8-15(14)20/h3-9,21H,10H2,1-2H3. The van der Waals surface area contributed by atoms with Crippen molar-refractivity contribution >= 4 is 44.1 Å². The fraction of sp³-hybridized carbons (Fsp3) is 0.158. The lowest BCUT2D eigenvalue weighted by molar-refractivity contribution is 0.0475. The van der Waals surface area contributed by atoms with Crippen molar-refractivity contribution in [3.05, 3.63) is 64.3 Å². The van der Waals surface area contributed by atoms with E-state index in [1.165, 1.54) is 12.1 Å². The average Bonchev–Trinajstić information content (AvgIpc) is 2.94. The molecular weight excluding hydrogens is 390 g/mol. The van der Waals surface area contributed by atoms with Crippen LogP contribution in [0.1, 0.15) is 26.4 Å². The van der Waals surface area contributed by atoms with Gasteiger partial charge < -0.3 is 9.72 Å². The molecule has 3 aromatic rings. The number of para-hydroxylation sites is 1. The van der Waals surface area contributed by atoms with E-state index in [1.54, 1.807) is 13.0 Å². The molecule has 0 bridgehead atoms. The second kappa shape index (κ2) is 7.17. The van der Waals surface area contributed by atoms with Crippen LogP contribution >= 0.6 is 11.6 Å². The first kappa shape index (κ1) is 19.1. The molecule has 0 fully saturated rings. The number of hydrogen-bond donors (Lipinski definition) is 1. The van der Waals surface area contributed by atoms with E-state index in [9.17, 15) is 18.0 Å². The number of ketones is 1. The van der Waals surface area contributed by atoms with Crippen molar-refractivity contribution in [2.45, 2.75) is 11.8 Å². The Morgan fingerprint density at radius 1 is 1.15 bits per heavy atom. The maximum atomic E-state index is 12.6. The van der Waals surface area contributed by atoms with Crippen molar-refractivity contribution < 1.29 is 22.7 Å². The normalized spacial score (nSPS) is 11.5. The molecule has 1 heterocycles. The molecule has 1 N–H and O–H groups in total. The minimum Gasteiger partial charge on any atom is -0.454 e. The second-order valence-electron chi connectivity index (χ2n) is 6.08. The highest BCUT2D eigenvalue weighted by Gasteiger charge is 2.20. The van der Waals surface area contributed by atoms with E-state index in [1.807, 2.05) is 18.2 Å². The predicted molar refractivity (Wildman–Crippen MR) is 102 cm³/mol. The number of carbonyl (C=O) groups excluding carboxylic acids is 2. The Bertz CT molecular complexity index is 1160. The number of aromatic nitrogens is 1. The van der Waals surface area contributed by atoms with Crippen molar-refractivity contribution in [1.29, 1.82) is 0 Å². The van der Waals surface area contributed by atoms with Gasteiger partial charge in [-0.3, -0.25) is 4.79 Å². The minimum atomic E-state index is -3.51. The van der Waals surface area contributed by atoms with E-state index >= 15 is 0 Å². The molecule has 3 rings (SSSR count). The first-order valence-corrected chi connectivity index (χ1v) is 10.2. The molecule has 0 spiro atoms. The summed E-state index contributed by atoms with van der Waals surface area (Å²) in [6.07, 6.45) is 1.02. The number of aromatic amines is 1. The predicted octanol–water partition coefficient (Wildman–Crippen LogP) is 3.57. The molecule has 0 saturated carbocycles. The molecular formula is C19H16ClNO5S. The molecule has 0 unspecified atom stereocenters. The lowest BCUT2D eigenvalue weighted by Crippen LogP contribution is -2.15. The van der Waals surface area contributed by atoms with Gasteiger partial charge >= 0.3 is 5.97 Å². The first-order valence-electron chi connectivity index (χ1n) is 7.95. The number of sulfone groups is 1. The maximum Gasteiger partial charge on any atom is 0.340 e. The van der Waals surface area contributed by atoms with Crippen molar-refractivity contribution in [2.24, 2.45) is 0 Å². The third-order valence-electron chi connectivity index (χ3n) is 4.09. The highest BCUT2D eigenvalue weighted by Crippen LogP contribution is 2.24. The zero-order chi connectivity index (χ0) is 19.8. The van der Waals surface area contributed by atoms with E-state index < -0.39 is 22.4 Å². The number of fused-ring (bicyclic) bond motifs is 1. The van der Waals surface area contributed by atoms with Crippen LogP contribution in [0, 0.1) is 6.92 Å². The van der Waals surface area contributed by atoms with Crippen LogP contribution in [-0.2, 0) is 14.6 Å². The maximum absolute atomic E-state index is 12.6. The molecule has 0 aliphatic heterocycles. The monoisotopic (exact) mass is 405 g/mol. The van der Waals surface area contributed by atoms with Crippen LogP contribution < -0.4 is 0 Å². The number of hydrogen-bond acceptors (Lipinski definition) is 5. The number of benzene rings is 2. The zero-order valence-corrected chi connectivity index (χ0v) is 16.1. The van der Waals surface area contributed by atoms with Crippen LogP contribution in [0.5, 0.6) is 0 Å². The van der Waals surface area contributed by atoms with Gasteiger partial charge in [0.1, 0.15) is 0 Å². The summed E-state index contributed by atoms with van der Waals surface area (Å²) in [7, 11) is -3.51. The van der Waals surface area contributed by atoms with Crippen molar-refractivity contribution in [1.82, 2.24) is 4.98 Å². The lowest BCUT2D eigenvalue weighted by atomic mass is 10.1. The summed E-state index contributed by atoms with van der Waals surface area (Å²) in [6, 6.07) is 11.1. The molecule has 6 nitrogen and oxygen atoms in total. The Morgan fingerprint density at radius 3 is 2.56 bits per heavy atom.